The Morgan fingerprint density at radius 2 is 1.31 bits per heavy atom. The van der Waals surface area contributed by atoms with Crippen molar-refractivity contribution in [2.24, 2.45) is 0 Å². The van der Waals surface area contributed by atoms with Crippen molar-refractivity contribution in [2.45, 2.75) is 0 Å². The van der Waals surface area contributed by atoms with Crippen molar-refractivity contribution in [1.29, 1.82) is 0 Å². The maximum absolute atomic E-state index is 9.22. The number of hydrogen-bond acceptors (Lipinski definition) is 2. The number of rotatable bonds is 2. The zero-order valence-corrected chi connectivity index (χ0v) is 8.17. The van der Waals surface area contributed by atoms with Crippen molar-refractivity contribution in [3.8, 4) is 11.1 Å². The minimum atomic E-state index is -1.43. The van der Waals surface area contributed by atoms with Crippen LogP contribution in [0.15, 0.2) is 54.6 Å². The fourth-order valence-corrected chi connectivity index (χ4v) is 1.60. The van der Waals surface area contributed by atoms with Gasteiger partial charge in [-0.3, -0.25) is 0 Å². The summed E-state index contributed by atoms with van der Waals surface area (Å²) in [6.07, 6.45) is 0. The summed E-state index contributed by atoms with van der Waals surface area (Å²) in [5, 5.41) is 18.4. The zero-order chi connectivity index (χ0) is 10.7. The summed E-state index contributed by atoms with van der Waals surface area (Å²) < 4.78 is 0. The van der Waals surface area contributed by atoms with Crippen LogP contribution in [-0.4, -0.2) is 25.6 Å². The first-order valence-corrected chi connectivity index (χ1v) is 4.79. The second kappa shape index (κ2) is 5.54. The summed E-state index contributed by atoms with van der Waals surface area (Å²) in [5.41, 5.74) is 2.37. The molecule has 2 aromatic carbocycles. The second-order valence-electron chi connectivity index (χ2n) is 3.33. The lowest BCUT2D eigenvalue weighted by molar-refractivity contribution is 0.426. The molecule has 0 aliphatic heterocycles. The van der Waals surface area contributed by atoms with E-state index in [4.69, 9.17) is 0 Å². The van der Waals surface area contributed by atoms with Gasteiger partial charge >= 0.3 is 7.12 Å². The molecular weight excluding hydrogens is 198 g/mol. The molecule has 0 saturated carbocycles. The molecule has 2 aromatic rings. The number of hydrogen-bond donors (Lipinski definition) is 2. The molecule has 0 aliphatic carbocycles. The quantitative estimate of drug-likeness (QED) is 0.679. The van der Waals surface area contributed by atoms with Crippen LogP contribution in [0.4, 0.5) is 0 Å². The smallest absolute Gasteiger partial charge is 0.423 e. The van der Waals surface area contributed by atoms with Crippen molar-refractivity contribution in [2.75, 3.05) is 0 Å². The van der Waals surface area contributed by atoms with Gasteiger partial charge in [0.15, 0.2) is 0 Å². The molecule has 0 bridgehead atoms. The van der Waals surface area contributed by atoms with Crippen LogP contribution in [0.25, 0.3) is 11.1 Å². The lowest BCUT2D eigenvalue weighted by Crippen LogP contribution is -2.31. The molecule has 4 heteroatoms. The van der Waals surface area contributed by atoms with Gasteiger partial charge in [-0.05, 0) is 16.6 Å². The van der Waals surface area contributed by atoms with Gasteiger partial charge in [-0.25, -0.2) is 0 Å². The van der Waals surface area contributed by atoms with E-state index in [1.54, 1.807) is 12.1 Å². The van der Waals surface area contributed by atoms with Gasteiger partial charge in [0.1, 0.15) is 0 Å². The van der Waals surface area contributed by atoms with E-state index in [-0.39, 0.29) is 8.41 Å². The van der Waals surface area contributed by atoms with Crippen LogP contribution >= 0.6 is 0 Å². The molecule has 0 radical (unpaired) electrons. The monoisotopic (exact) mass is 212 g/mol. The molecule has 0 saturated heterocycles. The van der Waals surface area contributed by atoms with Crippen LogP contribution in [0.2, 0.25) is 0 Å². The van der Waals surface area contributed by atoms with Gasteiger partial charge < -0.3 is 10.0 Å². The maximum Gasteiger partial charge on any atom is 0.489 e. The van der Waals surface area contributed by atoms with Crippen LogP contribution in [0.3, 0.4) is 0 Å². The highest BCUT2D eigenvalue weighted by molar-refractivity contribution is 6.60. The van der Waals surface area contributed by atoms with Gasteiger partial charge in [0.05, 0.1) is 8.41 Å². The van der Waals surface area contributed by atoms with Gasteiger partial charge in [-0.15, -0.1) is 0 Å². The van der Waals surface area contributed by atoms with Crippen molar-refractivity contribution in [3.63, 3.8) is 0 Å². The van der Waals surface area contributed by atoms with Crippen LogP contribution in [0.1, 0.15) is 0 Å². The Morgan fingerprint density at radius 1 is 0.750 bits per heavy atom. The van der Waals surface area contributed by atoms with Crippen LogP contribution < -0.4 is 5.46 Å². The van der Waals surface area contributed by atoms with E-state index in [2.05, 4.69) is 0 Å². The molecule has 0 fully saturated rings. The summed E-state index contributed by atoms with van der Waals surface area (Å²) in [5.74, 6) is 0. The van der Waals surface area contributed by atoms with E-state index in [0.717, 1.165) is 11.1 Å². The van der Waals surface area contributed by atoms with Gasteiger partial charge in [0.25, 0.3) is 0 Å². The van der Waals surface area contributed by atoms with E-state index in [1.807, 2.05) is 42.5 Å². The molecule has 16 heavy (non-hydrogen) atoms. The third-order valence-corrected chi connectivity index (χ3v) is 2.32. The largest absolute Gasteiger partial charge is 0.489 e. The molecule has 0 aromatic heterocycles. The fraction of sp³-hybridized carbons (Fsp3) is 0. The van der Waals surface area contributed by atoms with Gasteiger partial charge in [0, 0.05) is 0 Å². The molecule has 0 atom stereocenters. The van der Waals surface area contributed by atoms with Gasteiger partial charge in [-0.2, -0.15) is 0 Å². The van der Waals surface area contributed by atoms with Gasteiger partial charge in [0.2, 0.25) is 0 Å². The summed E-state index contributed by atoms with van der Waals surface area (Å²) in [7, 11) is -1.43. The average Bonchev–Trinajstić information content (AvgIpc) is 2.30. The van der Waals surface area contributed by atoms with E-state index < -0.39 is 7.12 Å². The summed E-state index contributed by atoms with van der Waals surface area (Å²) >= 11 is 0. The maximum atomic E-state index is 9.22. The molecule has 0 unspecified atom stereocenters. The molecule has 2 N–H and O–H groups in total. The standard InChI is InChI=1S/C12H11BO2.BH3/c14-13(15)12-9-5-4-8-11(12)10-6-2-1-3-7-10;/h1-9,14-15H;1H3. The van der Waals surface area contributed by atoms with Crippen molar-refractivity contribution in [1.82, 2.24) is 0 Å². The Bertz CT molecular complexity index is 444. The normalized spacial score (nSPS) is 9.38. The van der Waals surface area contributed by atoms with Crippen molar-refractivity contribution in [3.05, 3.63) is 54.6 Å². The minimum absolute atomic E-state index is 0. The molecule has 2 nitrogen and oxygen atoms in total. The number of benzene rings is 2. The lowest BCUT2D eigenvalue weighted by Gasteiger charge is -2.08. The Morgan fingerprint density at radius 3 is 1.94 bits per heavy atom. The summed E-state index contributed by atoms with van der Waals surface area (Å²) in [6.45, 7) is 0. The lowest BCUT2D eigenvalue weighted by atomic mass is 9.75. The Labute approximate surface area is 97.3 Å². The molecule has 2 rings (SSSR count). The average molecular weight is 212 g/mol. The first-order chi connectivity index (χ1) is 7.29. The SMILES string of the molecule is B.OB(O)c1ccccc1-c1ccccc1. The molecule has 0 amide bonds. The topological polar surface area (TPSA) is 40.5 Å². The van der Waals surface area contributed by atoms with E-state index in [0.29, 0.717) is 5.46 Å². The predicted octanol–water partition coefficient (Wildman–Crippen LogP) is -0.151. The minimum Gasteiger partial charge on any atom is -0.423 e. The Balaban J connectivity index is 0.00000128. The van der Waals surface area contributed by atoms with E-state index in [9.17, 15) is 10.0 Å². The van der Waals surface area contributed by atoms with Crippen LogP contribution in [0, 0.1) is 0 Å². The highest BCUT2D eigenvalue weighted by Crippen LogP contribution is 2.16. The second-order valence-corrected chi connectivity index (χ2v) is 3.33. The third kappa shape index (κ3) is 2.54. The molecule has 0 aliphatic rings. The Kier molecular flexibility index (Phi) is 4.35. The first kappa shape index (κ1) is 12.6. The zero-order valence-electron chi connectivity index (χ0n) is 8.17. The van der Waals surface area contributed by atoms with E-state index >= 15 is 0 Å². The predicted molar refractivity (Wildman–Crippen MR) is 71.6 cm³/mol. The summed E-state index contributed by atoms with van der Waals surface area (Å²) in [4.78, 5) is 0. The highest BCUT2D eigenvalue weighted by Gasteiger charge is 2.15. The first-order valence-electron chi connectivity index (χ1n) is 4.79. The van der Waals surface area contributed by atoms with Crippen LogP contribution in [-0.2, 0) is 0 Å². The third-order valence-electron chi connectivity index (χ3n) is 2.32. The van der Waals surface area contributed by atoms with E-state index in [1.165, 1.54) is 0 Å². The van der Waals surface area contributed by atoms with Crippen molar-refractivity contribution < 1.29 is 10.0 Å². The fourth-order valence-electron chi connectivity index (χ4n) is 1.60. The van der Waals surface area contributed by atoms with Crippen LogP contribution in [0.5, 0.6) is 0 Å². The molecule has 0 heterocycles. The highest BCUT2D eigenvalue weighted by atomic mass is 16.4. The van der Waals surface area contributed by atoms with Crippen molar-refractivity contribution >= 4 is 21.0 Å². The molecular formula is C12H14B2O2. The summed E-state index contributed by atoms with van der Waals surface area (Å²) in [6, 6.07) is 16.9. The Hall–Kier alpha value is -1.51. The molecule has 0 spiro atoms. The van der Waals surface area contributed by atoms with Gasteiger partial charge in [-0.1, -0.05) is 54.6 Å². The molecule has 80 valence electrons.